The molecular formula is C17H25BrN2O4. The van der Waals surface area contributed by atoms with Crippen molar-refractivity contribution in [1.29, 1.82) is 0 Å². The maximum Gasteiger partial charge on any atom is 0.407 e. The van der Waals surface area contributed by atoms with Crippen LogP contribution in [0.2, 0.25) is 0 Å². The summed E-state index contributed by atoms with van der Waals surface area (Å²) in [7, 11) is 0. The van der Waals surface area contributed by atoms with E-state index in [1.54, 1.807) is 20.8 Å². The van der Waals surface area contributed by atoms with E-state index < -0.39 is 11.7 Å². The first-order valence-electron chi connectivity index (χ1n) is 7.83. The fourth-order valence-corrected chi connectivity index (χ4v) is 2.40. The van der Waals surface area contributed by atoms with Crippen molar-refractivity contribution in [3.05, 3.63) is 28.2 Å². The number of hydrogen-bond acceptors (Lipinski definition) is 5. The Morgan fingerprint density at radius 2 is 1.96 bits per heavy atom. The van der Waals surface area contributed by atoms with Gasteiger partial charge in [-0.15, -0.1) is 0 Å². The van der Waals surface area contributed by atoms with Gasteiger partial charge in [-0.3, -0.25) is 4.79 Å². The molecule has 0 unspecified atom stereocenters. The summed E-state index contributed by atoms with van der Waals surface area (Å²) in [4.78, 5) is 23.7. The van der Waals surface area contributed by atoms with Gasteiger partial charge in [-0.05, 0) is 44.5 Å². The van der Waals surface area contributed by atoms with Gasteiger partial charge in [-0.2, -0.15) is 0 Å². The monoisotopic (exact) mass is 400 g/mol. The van der Waals surface area contributed by atoms with Gasteiger partial charge in [0.25, 0.3) is 0 Å². The summed E-state index contributed by atoms with van der Waals surface area (Å²) in [6.07, 6.45) is -0.0444. The molecule has 0 atom stereocenters. The lowest BCUT2D eigenvalue weighted by Crippen LogP contribution is -2.33. The van der Waals surface area contributed by atoms with Gasteiger partial charge in [0, 0.05) is 36.1 Å². The molecule has 0 bridgehead atoms. The number of hydrogen-bond donors (Lipinski definition) is 3. The molecule has 134 valence electrons. The Morgan fingerprint density at radius 1 is 1.25 bits per heavy atom. The zero-order chi connectivity index (χ0) is 18.2. The molecule has 0 radical (unpaired) electrons. The number of amides is 1. The number of benzene rings is 1. The van der Waals surface area contributed by atoms with E-state index in [1.165, 1.54) is 0 Å². The zero-order valence-electron chi connectivity index (χ0n) is 14.3. The van der Waals surface area contributed by atoms with Crippen molar-refractivity contribution in [3.63, 3.8) is 0 Å². The Bertz CT molecular complexity index is 570. The van der Waals surface area contributed by atoms with E-state index in [0.717, 1.165) is 15.7 Å². The minimum atomic E-state index is -0.558. The summed E-state index contributed by atoms with van der Waals surface area (Å²) in [6.45, 7) is 6.02. The van der Waals surface area contributed by atoms with E-state index in [1.807, 2.05) is 18.2 Å². The van der Waals surface area contributed by atoms with Gasteiger partial charge in [0.15, 0.2) is 0 Å². The summed E-state index contributed by atoms with van der Waals surface area (Å²) in [5.74, 6) is 0.0104. The zero-order valence-corrected chi connectivity index (χ0v) is 15.9. The predicted octanol–water partition coefficient (Wildman–Crippen LogP) is 2.88. The van der Waals surface area contributed by atoms with Gasteiger partial charge in [-0.25, -0.2) is 4.79 Å². The summed E-state index contributed by atoms with van der Waals surface area (Å²) >= 11 is 3.39. The number of carbonyl (C=O) groups is 2. The van der Waals surface area contributed by atoms with Crippen molar-refractivity contribution in [2.45, 2.75) is 39.2 Å². The standard InChI is InChI=1S/C17H25BrN2O4/c1-17(2,3)24-16(23)20-7-6-14(22)11-12-10-13(18)4-5-15(12)19-8-9-21/h4-5,10,19,21H,6-9,11H2,1-3H3,(H,20,23). The number of alkyl carbamates (subject to hydrolysis) is 1. The quantitative estimate of drug-likeness (QED) is 0.624. The molecule has 6 nitrogen and oxygen atoms in total. The molecule has 1 aromatic rings. The molecule has 0 heterocycles. The number of ether oxygens (including phenoxy) is 1. The van der Waals surface area contributed by atoms with E-state index in [4.69, 9.17) is 9.84 Å². The number of ketones is 1. The first-order valence-corrected chi connectivity index (χ1v) is 8.62. The predicted molar refractivity (Wildman–Crippen MR) is 97.3 cm³/mol. The van der Waals surface area contributed by atoms with Crippen LogP contribution in [0.5, 0.6) is 0 Å². The lowest BCUT2D eigenvalue weighted by atomic mass is 10.0. The number of aliphatic hydroxyl groups is 1. The van der Waals surface area contributed by atoms with Gasteiger partial charge in [0.2, 0.25) is 0 Å². The molecule has 0 spiro atoms. The summed E-state index contributed by atoms with van der Waals surface area (Å²) in [6, 6.07) is 5.61. The van der Waals surface area contributed by atoms with Gasteiger partial charge in [0.1, 0.15) is 11.4 Å². The Kier molecular flexibility index (Phi) is 8.21. The number of nitrogens with one attached hydrogen (secondary N) is 2. The number of halogens is 1. The molecule has 0 aliphatic rings. The van der Waals surface area contributed by atoms with Crippen LogP contribution in [0.4, 0.5) is 10.5 Å². The lowest BCUT2D eigenvalue weighted by Gasteiger charge is -2.19. The van der Waals surface area contributed by atoms with E-state index >= 15 is 0 Å². The molecular weight excluding hydrogens is 376 g/mol. The van der Waals surface area contributed by atoms with Crippen molar-refractivity contribution < 1.29 is 19.4 Å². The molecule has 0 saturated heterocycles. The fraction of sp³-hybridized carbons (Fsp3) is 0.529. The largest absolute Gasteiger partial charge is 0.444 e. The summed E-state index contributed by atoms with van der Waals surface area (Å²) in [5, 5.41) is 14.6. The highest BCUT2D eigenvalue weighted by Gasteiger charge is 2.16. The number of carbonyl (C=O) groups excluding carboxylic acids is 2. The Hall–Kier alpha value is -1.60. The van der Waals surface area contributed by atoms with Crippen LogP contribution in [-0.4, -0.2) is 42.3 Å². The summed E-state index contributed by atoms with van der Waals surface area (Å²) < 4.78 is 6.00. The van der Waals surface area contributed by atoms with E-state index in [9.17, 15) is 9.59 Å². The lowest BCUT2D eigenvalue weighted by molar-refractivity contribution is -0.118. The van der Waals surface area contributed by atoms with Crippen LogP contribution < -0.4 is 10.6 Å². The normalized spacial score (nSPS) is 11.0. The van der Waals surface area contributed by atoms with Gasteiger partial charge < -0.3 is 20.5 Å². The molecule has 0 aliphatic carbocycles. The average Bonchev–Trinajstić information content (AvgIpc) is 2.44. The topological polar surface area (TPSA) is 87.7 Å². The fourth-order valence-electron chi connectivity index (χ4n) is 1.99. The molecule has 7 heteroatoms. The maximum absolute atomic E-state index is 12.1. The Morgan fingerprint density at radius 3 is 2.58 bits per heavy atom. The molecule has 0 fully saturated rings. The molecule has 24 heavy (non-hydrogen) atoms. The highest BCUT2D eigenvalue weighted by molar-refractivity contribution is 9.10. The average molecular weight is 401 g/mol. The minimum absolute atomic E-state index is 0.0104. The molecule has 3 N–H and O–H groups in total. The van der Waals surface area contributed by atoms with E-state index in [-0.39, 0.29) is 31.8 Å². The second-order valence-electron chi connectivity index (χ2n) is 6.35. The van der Waals surface area contributed by atoms with Crippen LogP contribution in [0.15, 0.2) is 22.7 Å². The number of Topliss-reactive ketones (excluding diaryl/α,β-unsaturated/α-hetero) is 1. The highest BCUT2D eigenvalue weighted by Crippen LogP contribution is 2.22. The summed E-state index contributed by atoms with van der Waals surface area (Å²) in [5.41, 5.74) is 1.11. The van der Waals surface area contributed by atoms with Gasteiger partial charge in [0.05, 0.1) is 6.61 Å². The first-order chi connectivity index (χ1) is 11.2. The molecule has 0 saturated carbocycles. The second kappa shape index (κ2) is 9.64. The molecule has 1 aromatic carbocycles. The SMILES string of the molecule is CC(C)(C)OC(=O)NCCC(=O)Cc1cc(Br)ccc1NCCO. The van der Waals surface area contributed by atoms with E-state index in [2.05, 4.69) is 26.6 Å². The van der Waals surface area contributed by atoms with Crippen LogP contribution in [0.25, 0.3) is 0 Å². The smallest absolute Gasteiger partial charge is 0.407 e. The second-order valence-corrected chi connectivity index (χ2v) is 7.26. The minimum Gasteiger partial charge on any atom is -0.444 e. The molecule has 1 amide bonds. The number of anilines is 1. The third kappa shape index (κ3) is 8.31. The molecule has 1 rings (SSSR count). The molecule has 0 aromatic heterocycles. The Balaban J connectivity index is 2.50. The number of aliphatic hydroxyl groups excluding tert-OH is 1. The van der Waals surface area contributed by atoms with Crippen molar-refractivity contribution in [3.8, 4) is 0 Å². The van der Waals surface area contributed by atoms with E-state index in [0.29, 0.717) is 6.54 Å². The van der Waals surface area contributed by atoms with Gasteiger partial charge >= 0.3 is 6.09 Å². The van der Waals surface area contributed by atoms with Gasteiger partial charge in [-0.1, -0.05) is 15.9 Å². The maximum atomic E-state index is 12.1. The number of rotatable bonds is 8. The van der Waals surface area contributed by atoms with Crippen LogP contribution in [0.3, 0.4) is 0 Å². The third-order valence-electron chi connectivity index (χ3n) is 2.95. The van der Waals surface area contributed by atoms with Crippen LogP contribution >= 0.6 is 15.9 Å². The van der Waals surface area contributed by atoms with Crippen LogP contribution in [0.1, 0.15) is 32.8 Å². The third-order valence-corrected chi connectivity index (χ3v) is 3.45. The first kappa shape index (κ1) is 20.4. The van der Waals surface area contributed by atoms with Crippen molar-refractivity contribution in [1.82, 2.24) is 5.32 Å². The van der Waals surface area contributed by atoms with Crippen LogP contribution in [-0.2, 0) is 16.0 Å². The van der Waals surface area contributed by atoms with Crippen molar-refractivity contribution in [2.75, 3.05) is 25.0 Å². The highest BCUT2D eigenvalue weighted by atomic mass is 79.9. The Labute approximate surface area is 151 Å². The van der Waals surface area contributed by atoms with Crippen molar-refractivity contribution >= 4 is 33.5 Å². The van der Waals surface area contributed by atoms with Crippen molar-refractivity contribution in [2.24, 2.45) is 0 Å². The molecule has 0 aliphatic heterocycles. The van der Waals surface area contributed by atoms with Crippen LogP contribution in [0, 0.1) is 0 Å².